The molecule has 2 rings (SSSR count). The largest absolute Gasteiger partial charge is 0.460 e. The topological polar surface area (TPSA) is 108 Å². The zero-order valence-electron chi connectivity index (χ0n) is 13.9. The molecule has 9 heteroatoms. The monoisotopic (exact) mass is 346 g/mol. The van der Waals surface area contributed by atoms with Gasteiger partial charge in [0, 0.05) is 19.5 Å². The Morgan fingerprint density at radius 2 is 2.00 bits per heavy atom. The number of esters is 1. The highest BCUT2D eigenvalue weighted by molar-refractivity contribution is 5.95. The molecular weight excluding hydrogens is 328 g/mol. The van der Waals surface area contributed by atoms with Crippen molar-refractivity contribution in [2.45, 2.75) is 13.5 Å². The number of nitro groups is 1. The number of carbonyl (C=O) groups is 2. The van der Waals surface area contributed by atoms with E-state index in [1.54, 1.807) is 37.3 Å². The number of amides is 1. The van der Waals surface area contributed by atoms with Gasteiger partial charge in [0.1, 0.15) is 25.9 Å². The van der Waals surface area contributed by atoms with Crippen LogP contribution in [0.1, 0.15) is 16.2 Å². The van der Waals surface area contributed by atoms with E-state index in [2.05, 4.69) is 4.98 Å². The second-order valence-corrected chi connectivity index (χ2v) is 5.32. The summed E-state index contributed by atoms with van der Waals surface area (Å²) < 4.78 is 6.41. The summed E-state index contributed by atoms with van der Waals surface area (Å²) in [6, 6.07) is 8.58. The average molecular weight is 346 g/mol. The van der Waals surface area contributed by atoms with E-state index >= 15 is 0 Å². The van der Waals surface area contributed by atoms with Crippen molar-refractivity contribution in [2.75, 3.05) is 20.2 Å². The van der Waals surface area contributed by atoms with Crippen molar-refractivity contribution in [1.29, 1.82) is 0 Å². The zero-order valence-corrected chi connectivity index (χ0v) is 13.9. The predicted molar refractivity (Wildman–Crippen MR) is 88.0 cm³/mol. The van der Waals surface area contributed by atoms with Crippen molar-refractivity contribution < 1.29 is 19.2 Å². The van der Waals surface area contributed by atoms with E-state index in [9.17, 15) is 19.7 Å². The lowest BCUT2D eigenvalue weighted by molar-refractivity contribution is -0.392. The standard InChI is InChI=1S/C16H18N4O5/c1-12-17-10-14(20(23)24)19(12)8-9-25-15(21)11-18(2)16(22)13-6-4-3-5-7-13/h3-7,10H,8-9,11H2,1-2H3. The molecule has 2 aromatic rings. The molecule has 1 heterocycles. The van der Waals surface area contributed by atoms with Crippen LogP contribution in [0, 0.1) is 17.0 Å². The fraction of sp³-hybridized carbons (Fsp3) is 0.312. The van der Waals surface area contributed by atoms with Crippen molar-refractivity contribution >= 4 is 17.7 Å². The summed E-state index contributed by atoms with van der Waals surface area (Å²) in [5, 5.41) is 10.9. The van der Waals surface area contributed by atoms with Gasteiger partial charge in [-0.25, -0.2) is 9.55 Å². The van der Waals surface area contributed by atoms with Gasteiger partial charge in [-0.1, -0.05) is 18.2 Å². The molecule has 0 spiro atoms. The van der Waals surface area contributed by atoms with Crippen molar-refractivity contribution in [2.24, 2.45) is 0 Å². The van der Waals surface area contributed by atoms with Crippen LogP contribution in [-0.2, 0) is 16.1 Å². The van der Waals surface area contributed by atoms with Gasteiger partial charge in [0.15, 0.2) is 5.82 Å². The molecule has 132 valence electrons. The summed E-state index contributed by atoms with van der Waals surface area (Å²) in [5.41, 5.74) is 0.475. The van der Waals surface area contributed by atoms with Gasteiger partial charge in [0.05, 0.1) is 0 Å². The van der Waals surface area contributed by atoms with Crippen LogP contribution in [0.3, 0.4) is 0 Å². The normalized spacial score (nSPS) is 10.3. The summed E-state index contributed by atoms with van der Waals surface area (Å²) >= 11 is 0. The van der Waals surface area contributed by atoms with Crippen LogP contribution in [0.15, 0.2) is 36.5 Å². The first-order valence-electron chi connectivity index (χ1n) is 7.53. The fourth-order valence-electron chi connectivity index (χ4n) is 2.24. The summed E-state index contributed by atoms with van der Waals surface area (Å²) in [6.45, 7) is 1.48. The van der Waals surface area contributed by atoms with E-state index in [-0.39, 0.29) is 31.4 Å². The minimum atomic E-state index is -0.591. The number of hydrogen-bond acceptors (Lipinski definition) is 6. The molecule has 0 aliphatic rings. The number of rotatable bonds is 7. The third kappa shape index (κ3) is 4.63. The Bertz CT molecular complexity index is 772. The van der Waals surface area contributed by atoms with Crippen molar-refractivity contribution in [3.8, 4) is 0 Å². The summed E-state index contributed by atoms with van der Waals surface area (Å²) in [6.07, 6.45) is 1.16. The van der Waals surface area contributed by atoms with E-state index in [1.807, 2.05) is 0 Å². The van der Waals surface area contributed by atoms with Crippen LogP contribution in [-0.4, -0.2) is 51.5 Å². The molecule has 1 aromatic carbocycles. The number of likely N-dealkylation sites (N-methyl/N-ethyl adjacent to an activating group) is 1. The molecule has 0 saturated carbocycles. The number of nitrogens with zero attached hydrogens (tertiary/aromatic N) is 4. The van der Waals surface area contributed by atoms with Gasteiger partial charge in [-0.15, -0.1) is 0 Å². The minimum Gasteiger partial charge on any atom is -0.460 e. The highest BCUT2D eigenvalue weighted by Gasteiger charge is 2.19. The Balaban J connectivity index is 1.84. The first kappa shape index (κ1) is 18.1. The zero-order chi connectivity index (χ0) is 18.4. The predicted octanol–water partition coefficient (Wildman–Crippen LogP) is 1.42. The molecule has 9 nitrogen and oxygen atoms in total. The third-order valence-corrected chi connectivity index (χ3v) is 3.53. The molecule has 0 unspecified atom stereocenters. The van der Waals surface area contributed by atoms with Gasteiger partial charge in [0.25, 0.3) is 5.91 Å². The first-order valence-corrected chi connectivity index (χ1v) is 7.53. The summed E-state index contributed by atoms with van der Waals surface area (Å²) in [5.74, 6) is -0.588. The fourth-order valence-corrected chi connectivity index (χ4v) is 2.24. The minimum absolute atomic E-state index is 0.0513. The lowest BCUT2D eigenvalue weighted by atomic mass is 10.2. The average Bonchev–Trinajstić information content (AvgIpc) is 2.96. The molecular formula is C16H18N4O5. The maximum absolute atomic E-state index is 12.1. The molecule has 0 aliphatic heterocycles. The number of aromatic nitrogens is 2. The van der Waals surface area contributed by atoms with Gasteiger partial charge in [0.2, 0.25) is 0 Å². The molecule has 0 fully saturated rings. The van der Waals surface area contributed by atoms with Crippen LogP contribution >= 0.6 is 0 Å². The summed E-state index contributed by atoms with van der Waals surface area (Å²) in [7, 11) is 1.50. The number of carbonyl (C=O) groups excluding carboxylic acids is 2. The molecule has 0 aliphatic carbocycles. The Labute approximate surface area is 144 Å². The van der Waals surface area contributed by atoms with E-state index < -0.39 is 10.9 Å². The van der Waals surface area contributed by atoms with Crippen LogP contribution < -0.4 is 0 Å². The lowest BCUT2D eigenvalue weighted by Gasteiger charge is -2.16. The number of imidazole rings is 1. The van der Waals surface area contributed by atoms with Crippen molar-refractivity contribution in [1.82, 2.24) is 14.5 Å². The molecule has 0 radical (unpaired) electrons. The molecule has 1 amide bonds. The van der Waals surface area contributed by atoms with E-state index in [4.69, 9.17) is 4.74 Å². The molecule has 0 atom stereocenters. The number of hydrogen-bond donors (Lipinski definition) is 0. The highest BCUT2D eigenvalue weighted by atomic mass is 16.6. The SMILES string of the molecule is Cc1ncc([N+](=O)[O-])n1CCOC(=O)CN(C)C(=O)c1ccccc1. The van der Waals surface area contributed by atoms with Crippen LogP contribution in [0.4, 0.5) is 5.82 Å². The number of benzene rings is 1. The Hall–Kier alpha value is -3.23. The summed E-state index contributed by atoms with van der Waals surface area (Å²) in [4.78, 5) is 39.4. The van der Waals surface area contributed by atoms with Crippen molar-refractivity contribution in [3.63, 3.8) is 0 Å². The van der Waals surface area contributed by atoms with Gasteiger partial charge in [-0.3, -0.25) is 9.59 Å². The number of ether oxygens (including phenoxy) is 1. The first-order chi connectivity index (χ1) is 11.9. The maximum Gasteiger partial charge on any atom is 0.342 e. The second kappa shape index (κ2) is 8.04. The Morgan fingerprint density at radius 3 is 2.64 bits per heavy atom. The van der Waals surface area contributed by atoms with Crippen LogP contribution in [0.2, 0.25) is 0 Å². The molecule has 25 heavy (non-hydrogen) atoms. The molecule has 1 aromatic heterocycles. The van der Waals surface area contributed by atoms with Crippen LogP contribution in [0.5, 0.6) is 0 Å². The lowest BCUT2D eigenvalue weighted by Crippen LogP contribution is -2.33. The molecule has 0 N–H and O–H groups in total. The Morgan fingerprint density at radius 1 is 1.32 bits per heavy atom. The third-order valence-electron chi connectivity index (χ3n) is 3.53. The smallest absolute Gasteiger partial charge is 0.342 e. The molecule has 0 saturated heterocycles. The van der Waals surface area contributed by atoms with Gasteiger partial charge in [-0.05, 0) is 17.1 Å². The van der Waals surface area contributed by atoms with Crippen molar-refractivity contribution in [3.05, 3.63) is 58.0 Å². The second-order valence-electron chi connectivity index (χ2n) is 5.32. The van der Waals surface area contributed by atoms with Gasteiger partial charge >= 0.3 is 11.8 Å². The maximum atomic E-state index is 12.1. The quantitative estimate of drug-likeness (QED) is 0.426. The molecule has 0 bridgehead atoms. The van der Waals surface area contributed by atoms with Gasteiger partial charge in [-0.2, -0.15) is 0 Å². The Kier molecular flexibility index (Phi) is 5.83. The van der Waals surface area contributed by atoms with Crippen LogP contribution in [0.25, 0.3) is 0 Å². The van der Waals surface area contributed by atoms with Gasteiger partial charge < -0.3 is 19.8 Å². The van der Waals surface area contributed by atoms with E-state index in [1.165, 1.54) is 16.5 Å². The van der Waals surface area contributed by atoms with E-state index in [0.717, 1.165) is 6.20 Å². The van der Waals surface area contributed by atoms with E-state index in [0.29, 0.717) is 11.4 Å². The number of aryl methyl sites for hydroxylation is 1. The highest BCUT2D eigenvalue weighted by Crippen LogP contribution is 2.13.